The molecule has 0 aliphatic rings. The van der Waals surface area contributed by atoms with Gasteiger partial charge < -0.3 is 20.1 Å². The number of hydrogen-bond acceptors (Lipinski definition) is 4. The highest BCUT2D eigenvalue weighted by atomic mass is 16.5. The fraction of sp³-hybridized carbons (Fsp3) is 0.308. The van der Waals surface area contributed by atoms with Crippen molar-refractivity contribution in [1.29, 1.82) is 0 Å². The van der Waals surface area contributed by atoms with E-state index in [1.54, 1.807) is 19.6 Å². The fourth-order valence-corrected chi connectivity index (χ4v) is 1.90. The number of aryl methyl sites for hydroxylation is 1. The number of aliphatic hydroxyl groups excluding tert-OH is 1. The van der Waals surface area contributed by atoms with Gasteiger partial charge in [-0.25, -0.2) is 4.98 Å². The molecule has 1 aromatic heterocycles. The molecule has 0 aliphatic carbocycles. The number of nitrogens with two attached hydrogens (primary N) is 1. The standard InChI is InChI=1S/C13H17N3O2/c1-9-5-10(18-2)3-4-12(9)16-8-15-6-13(16)11(14)7-17/h3-6,8,11,17H,7,14H2,1-2H3. The third kappa shape index (κ3) is 2.23. The number of ether oxygens (including phenoxy) is 1. The summed E-state index contributed by atoms with van der Waals surface area (Å²) in [6.45, 7) is 1.88. The Morgan fingerprint density at radius 3 is 2.89 bits per heavy atom. The SMILES string of the molecule is COc1ccc(-n2cncc2C(N)CO)c(C)c1. The van der Waals surface area contributed by atoms with Crippen LogP contribution in [0.5, 0.6) is 5.75 Å². The zero-order chi connectivity index (χ0) is 13.1. The largest absolute Gasteiger partial charge is 0.497 e. The van der Waals surface area contributed by atoms with E-state index in [1.807, 2.05) is 29.7 Å². The predicted octanol–water partition coefficient (Wildman–Crippen LogP) is 1.18. The quantitative estimate of drug-likeness (QED) is 0.851. The van der Waals surface area contributed by atoms with Crippen LogP contribution in [0, 0.1) is 6.92 Å². The Bertz CT molecular complexity index is 537. The van der Waals surface area contributed by atoms with Gasteiger partial charge in [0.1, 0.15) is 5.75 Å². The molecule has 0 saturated heterocycles. The second-order valence-corrected chi connectivity index (χ2v) is 4.13. The molecule has 0 fully saturated rings. The molecular weight excluding hydrogens is 230 g/mol. The van der Waals surface area contributed by atoms with Crippen molar-refractivity contribution in [1.82, 2.24) is 9.55 Å². The van der Waals surface area contributed by atoms with Crippen LogP contribution in [0.1, 0.15) is 17.3 Å². The Balaban J connectivity index is 2.46. The van der Waals surface area contributed by atoms with Gasteiger partial charge in [0.15, 0.2) is 0 Å². The van der Waals surface area contributed by atoms with Crippen molar-refractivity contribution >= 4 is 0 Å². The van der Waals surface area contributed by atoms with E-state index in [0.717, 1.165) is 22.7 Å². The Morgan fingerprint density at radius 2 is 2.28 bits per heavy atom. The molecule has 0 aliphatic heterocycles. The number of imidazole rings is 1. The van der Waals surface area contributed by atoms with E-state index in [4.69, 9.17) is 15.6 Å². The minimum absolute atomic E-state index is 0.110. The average Bonchev–Trinajstić information content (AvgIpc) is 2.86. The highest BCUT2D eigenvalue weighted by Crippen LogP contribution is 2.23. The number of aromatic nitrogens is 2. The molecule has 3 N–H and O–H groups in total. The van der Waals surface area contributed by atoms with Gasteiger partial charge in [0, 0.05) is 0 Å². The number of methoxy groups -OCH3 is 1. The molecule has 1 aromatic carbocycles. The smallest absolute Gasteiger partial charge is 0.119 e. The van der Waals surface area contributed by atoms with Crippen LogP contribution in [0.15, 0.2) is 30.7 Å². The van der Waals surface area contributed by atoms with E-state index in [2.05, 4.69) is 4.98 Å². The van der Waals surface area contributed by atoms with Crippen LogP contribution in [0.4, 0.5) is 0 Å². The molecule has 5 nitrogen and oxygen atoms in total. The van der Waals surface area contributed by atoms with Crippen molar-refractivity contribution in [3.63, 3.8) is 0 Å². The van der Waals surface area contributed by atoms with E-state index in [9.17, 15) is 0 Å². The summed E-state index contributed by atoms with van der Waals surface area (Å²) in [5.74, 6) is 0.810. The lowest BCUT2D eigenvalue weighted by Crippen LogP contribution is -2.18. The molecule has 2 aromatic rings. The summed E-state index contributed by atoms with van der Waals surface area (Å²) in [6.07, 6.45) is 3.37. The minimum Gasteiger partial charge on any atom is -0.497 e. The third-order valence-corrected chi connectivity index (χ3v) is 2.91. The molecule has 2 rings (SSSR count). The Morgan fingerprint density at radius 1 is 1.50 bits per heavy atom. The topological polar surface area (TPSA) is 73.3 Å². The minimum atomic E-state index is -0.436. The van der Waals surface area contributed by atoms with Gasteiger partial charge in [0.25, 0.3) is 0 Å². The van der Waals surface area contributed by atoms with Crippen LogP contribution in [0.3, 0.4) is 0 Å². The molecule has 0 spiro atoms. The summed E-state index contributed by atoms with van der Waals surface area (Å²) < 4.78 is 7.06. The molecule has 1 unspecified atom stereocenters. The lowest BCUT2D eigenvalue weighted by Gasteiger charge is -2.15. The molecule has 5 heteroatoms. The van der Waals surface area contributed by atoms with Crippen molar-refractivity contribution in [2.75, 3.05) is 13.7 Å². The average molecular weight is 247 g/mol. The number of benzene rings is 1. The van der Waals surface area contributed by atoms with E-state index < -0.39 is 6.04 Å². The first-order valence-electron chi connectivity index (χ1n) is 5.71. The van der Waals surface area contributed by atoms with Gasteiger partial charge in [-0.15, -0.1) is 0 Å². The van der Waals surface area contributed by atoms with Crippen molar-refractivity contribution < 1.29 is 9.84 Å². The van der Waals surface area contributed by atoms with Crippen molar-refractivity contribution in [2.24, 2.45) is 5.73 Å². The van der Waals surface area contributed by atoms with Gasteiger partial charge in [-0.2, -0.15) is 0 Å². The van der Waals surface area contributed by atoms with Gasteiger partial charge in [0.2, 0.25) is 0 Å². The van der Waals surface area contributed by atoms with Crippen LogP contribution in [0.2, 0.25) is 0 Å². The van der Waals surface area contributed by atoms with Crippen LogP contribution < -0.4 is 10.5 Å². The summed E-state index contributed by atoms with van der Waals surface area (Å²) in [4.78, 5) is 4.09. The lowest BCUT2D eigenvalue weighted by molar-refractivity contribution is 0.265. The first kappa shape index (κ1) is 12.6. The zero-order valence-corrected chi connectivity index (χ0v) is 10.5. The number of rotatable bonds is 4. The van der Waals surface area contributed by atoms with E-state index in [-0.39, 0.29) is 6.61 Å². The zero-order valence-electron chi connectivity index (χ0n) is 10.5. The highest BCUT2D eigenvalue weighted by molar-refractivity contribution is 5.46. The van der Waals surface area contributed by atoms with E-state index in [0.29, 0.717) is 0 Å². The normalized spacial score (nSPS) is 12.4. The van der Waals surface area contributed by atoms with Gasteiger partial charge in [-0.05, 0) is 30.7 Å². The number of aliphatic hydroxyl groups is 1. The highest BCUT2D eigenvalue weighted by Gasteiger charge is 2.13. The van der Waals surface area contributed by atoms with Gasteiger partial charge in [0.05, 0.1) is 43.7 Å². The lowest BCUT2D eigenvalue weighted by atomic mass is 10.1. The molecule has 0 bridgehead atoms. The molecule has 1 heterocycles. The molecule has 0 amide bonds. The van der Waals surface area contributed by atoms with Crippen molar-refractivity contribution in [3.8, 4) is 11.4 Å². The van der Waals surface area contributed by atoms with Gasteiger partial charge >= 0.3 is 0 Å². The summed E-state index contributed by atoms with van der Waals surface area (Å²) in [6, 6.07) is 5.35. The van der Waals surface area contributed by atoms with Crippen molar-refractivity contribution in [2.45, 2.75) is 13.0 Å². The molecule has 0 radical (unpaired) electrons. The maximum atomic E-state index is 9.14. The Labute approximate surface area is 106 Å². The van der Waals surface area contributed by atoms with Crippen LogP contribution in [0.25, 0.3) is 5.69 Å². The van der Waals surface area contributed by atoms with E-state index >= 15 is 0 Å². The first-order chi connectivity index (χ1) is 8.67. The maximum Gasteiger partial charge on any atom is 0.119 e. The summed E-state index contributed by atoms with van der Waals surface area (Å²) in [7, 11) is 1.64. The predicted molar refractivity (Wildman–Crippen MR) is 68.9 cm³/mol. The third-order valence-electron chi connectivity index (χ3n) is 2.91. The summed E-state index contributed by atoms with van der Waals surface area (Å²) in [5, 5.41) is 9.14. The number of nitrogens with zero attached hydrogens (tertiary/aromatic N) is 2. The molecule has 0 saturated carbocycles. The molecule has 18 heavy (non-hydrogen) atoms. The van der Waals surface area contributed by atoms with Gasteiger partial charge in [-0.1, -0.05) is 0 Å². The van der Waals surface area contributed by atoms with Gasteiger partial charge in [-0.3, -0.25) is 0 Å². The van der Waals surface area contributed by atoms with Crippen LogP contribution in [-0.2, 0) is 0 Å². The molecular formula is C13H17N3O2. The molecule has 1 atom stereocenters. The number of hydrogen-bond donors (Lipinski definition) is 2. The Kier molecular flexibility index (Phi) is 3.64. The summed E-state index contributed by atoms with van der Waals surface area (Å²) >= 11 is 0. The second-order valence-electron chi connectivity index (χ2n) is 4.13. The van der Waals surface area contributed by atoms with E-state index in [1.165, 1.54) is 0 Å². The summed E-state index contributed by atoms with van der Waals surface area (Å²) in [5.41, 5.74) is 8.66. The molecule has 96 valence electrons. The van der Waals surface area contributed by atoms with Crippen LogP contribution >= 0.6 is 0 Å². The fourth-order valence-electron chi connectivity index (χ4n) is 1.90. The van der Waals surface area contributed by atoms with Crippen LogP contribution in [-0.4, -0.2) is 28.4 Å². The Hall–Kier alpha value is -1.85. The maximum absolute atomic E-state index is 9.14. The first-order valence-corrected chi connectivity index (χ1v) is 5.71. The monoisotopic (exact) mass is 247 g/mol. The second kappa shape index (κ2) is 5.20. The van der Waals surface area contributed by atoms with Crippen molar-refractivity contribution in [3.05, 3.63) is 42.0 Å².